The number of pyridine rings is 1. The highest BCUT2D eigenvalue weighted by atomic mass is 32.2. The molecule has 0 bridgehead atoms. The van der Waals surface area contributed by atoms with Crippen LogP contribution in [0.5, 0.6) is 0 Å². The predicted molar refractivity (Wildman–Crippen MR) is 111 cm³/mol. The van der Waals surface area contributed by atoms with Crippen molar-refractivity contribution in [1.29, 1.82) is 0 Å². The summed E-state index contributed by atoms with van der Waals surface area (Å²) in [7, 11) is 0. The van der Waals surface area contributed by atoms with Crippen molar-refractivity contribution in [2.75, 3.05) is 5.32 Å². The van der Waals surface area contributed by atoms with Crippen LogP contribution in [0.15, 0.2) is 94.9 Å². The Morgan fingerprint density at radius 2 is 1.67 bits per heavy atom. The van der Waals surface area contributed by atoms with E-state index in [0.29, 0.717) is 5.56 Å². The van der Waals surface area contributed by atoms with Crippen molar-refractivity contribution in [2.45, 2.75) is 16.7 Å². The summed E-state index contributed by atoms with van der Waals surface area (Å²) in [5.41, 5.74) is 3.15. The SMILES string of the molecule is Cc1cccc(Sc2ccccc2)c1C(=O)Nc1cccc2cccnc12. The van der Waals surface area contributed by atoms with E-state index in [1.165, 1.54) is 0 Å². The van der Waals surface area contributed by atoms with Crippen LogP contribution in [0.25, 0.3) is 10.9 Å². The maximum atomic E-state index is 13.1. The first kappa shape index (κ1) is 17.3. The number of rotatable bonds is 4. The molecule has 3 aromatic carbocycles. The highest BCUT2D eigenvalue weighted by Crippen LogP contribution is 2.32. The Bertz CT molecular complexity index is 1100. The highest BCUT2D eigenvalue weighted by molar-refractivity contribution is 7.99. The maximum absolute atomic E-state index is 13.1. The van der Waals surface area contributed by atoms with Gasteiger partial charge in [-0.15, -0.1) is 0 Å². The number of anilines is 1. The average molecular weight is 370 g/mol. The molecule has 0 atom stereocenters. The molecule has 0 fully saturated rings. The number of aryl methyl sites for hydroxylation is 1. The minimum Gasteiger partial charge on any atom is -0.320 e. The summed E-state index contributed by atoms with van der Waals surface area (Å²) >= 11 is 1.59. The van der Waals surface area contributed by atoms with Crippen molar-refractivity contribution < 1.29 is 4.79 Å². The van der Waals surface area contributed by atoms with Gasteiger partial charge in [-0.3, -0.25) is 9.78 Å². The molecule has 1 N–H and O–H groups in total. The lowest BCUT2D eigenvalue weighted by Crippen LogP contribution is -2.15. The molecule has 0 saturated heterocycles. The Hall–Kier alpha value is -3.11. The first-order valence-electron chi connectivity index (χ1n) is 8.70. The van der Waals surface area contributed by atoms with E-state index in [-0.39, 0.29) is 5.91 Å². The van der Waals surface area contributed by atoms with Gasteiger partial charge < -0.3 is 5.32 Å². The zero-order chi connectivity index (χ0) is 18.6. The molecule has 27 heavy (non-hydrogen) atoms. The lowest BCUT2D eigenvalue weighted by atomic mass is 10.1. The van der Waals surface area contributed by atoms with E-state index in [4.69, 9.17) is 0 Å². The number of nitrogens with one attached hydrogen (secondary N) is 1. The van der Waals surface area contributed by atoms with E-state index >= 15 is 0 Å². The third kappa shape index (κ3) is 3.71. The quantitative estimate of drug-likeness (QED) is 0.483. The van der Waals surface area contributed by atoms with Gasteiger partial charge in [-0.25, -0.2) is 0 Å². The molecule has 0 saturated carbocycles. The van der Waals surface area contributed by atoms with Gasteiger partial charge in [0.1, 0.15) is 0 Å². The second-order valence-corrected chi connectivity index (χ2v) is 7.31. The van der Waals surface area contributed by atoms with Gasteiger partial charge in [0.2, 0.25) is 0 Å². The van der Waals surface area contributed by atoms with E-state index in [1.807, 2.05) is 85.8 Å². The second-order valence-electron chi connectivity index (χ2n) is 6.20. The van der Waals surface area contributed by atoms with Crippen LogP contribution in [0, 0.1) is 6.92 Å². The van der Waals surface area contributed by atoms with E-state index in [1.54, 1.807) is 18.0 Å². The Kier molecular flexibility index (Phi) is 4.90. The number of fused-ring (bicyclic) bond motifs is 1. The summed E-state index contributed by atoms with van der Waals surface area (Å²) in [4.78, 5) is 19.6. The van der Waals surface area contributed by atoms with Crippen LogP contribution >= 0.6 is 11.8 Å². The summed E-state index contributed by atoms with van der Waals surface area (Å²) in [6.07, 6.45) is 1.74. The lowest BCUT2D eigenvalue weighted by molar-refractivity contribution is 0.102. The second kappa shape index (κ2) is 7.64. The summed E-state index contributed by atoms with van der Waals surface area (Å²) in [5.74, 6) is -0.121. The van der Waals surface area contributed by atoms with Gasteiger partial charge >= 0.3 is 0 Å². The fraction of sp³-hybridized carbons (Fsp3) is 0.0435. The molecule has 1 aromatic heterocycles. The number of amides is 1. The van der Waals surface area contributed by atoms with Crippen molar-refractivity contribution in [1.82, 2.24) is 4.98 Å². The van der Waals surface area contributed by atoms with Crippen LogP contribution in [0.2, 0.25) is 0 Å². The van der Waals surface area contributed by atoms with Gasteiger partial charge in [0.15, 0.2) is 0 Å². The summed E-state index contributed by atoms with van der Waals surface area (Å²) in [5, 5.41) is 4.05. The topological polar surface area (TPSA) is 42.0 Å². The third-order valence-corrected chi connectivity index (χ3v) is 5.38. The molecule has 1 heterocycles. The number of nitrogens with zero attached hydrogens (tertiary/aromatic N) is 1. The smallest absolute Gasteiger partial charge is 0.257 e. The lowest BCUT2D eigenvalue weighted by Gasteiger charge is -2.13. The van der Waals surface area contributed by atoms with Gasteiger partial charge in [0.05, 0.1) is 16.8 Å². The molecule has 4 rings (SSSR count). The number of hydrogen-bond donors (Lipinski definition) is 1. The van der Waals surface area contributed by atoms with Crippen LogP contribution in [0.1, 0.15) is 15.9 Å². The Morgan fingerprint density at radius 1 is 0.889 bits per heavy atom. The Labute approximate surface area is 162 Å². The van der Waals surface area contributed by atoms with E-state index in [0.717, 1.165) is 31.9 Å². The third-order valence-electron chi connectivity index (χ3n) is 4.31. The fourth-order valence-corrected chi connectivity index (χ4v) is 4.07. The summed E-state index contributed by atoms with van der Waals surface area (Å²) < 4.78 is 0. The minimum atomic E-state index is -0.121. The molecule has 3 nitrogen and oxygen atoms in total. The number of carbonyl (C=O) groups excluding carboxylic acids is 1. The van der Waals surface area contributed by atoms with Crippen molar-refractivity contribution >= 4 is 34.3 Å². The standard InChI is InChI=1S/C23H18N2OS/c1-16-8-5-14-20(27-18-11-3-2-4-12-18)21(16)23(26)25-19-13-6-9-17-10-7-15-24-22(17)19/h2-15H,1H3,(H,25,26). The number of para-hydroxylation sites is 1. The number of benzene rings is 3. The van der Waals surface area contributed by atoms with Gasteiger partial charge in [0.25, 0.3) is 5.91 Å². The predicted octanol–water partition coefficient (Wildman–Crippen LogP) is 5.95. The van der Waals surface area contributed by atoms with Crippen molar-refractivity contribution in [3.05, 3.63) is 96.2 Å². The molecule has 0 spiro atoms. The molecule has 0 aliphatic heterocycles. The minimum absolute atomic E-state index is 0.121. The number of carbonyl (C=O) groups is 1. The van der Waals surface area contributed by atoms with E-state index < -0.39 is 0 Å². The van der Waals surface area contributed by atoms with E-state index in [2.05, 4.69) is 10.3 Å². The molecule has 0 unspecified atom stereocenters. The zero-order valence-electron chi connectivity index (χ0n) is 14.8. The average Bonchev–Trinajstić information content (AvgIpc) is 2.69. The van der Waals surface area contributed by atoms with Crippen molar-refractivity contribution in [3.63, 3.8) is 0 Å². The van der Waals surface area contributed by atoms with Crippen molar-refractivity contribution in [3.8, 4) is 0 Å². The van der Waals surface area contributed by atoms with Crippen LogP contribution in [-0.2, 0) is 0 Å². The van der Waals surface area contributed by atoms with Crippen LogP contribution in [0.3, 0.4) is 0 Å². The molecule has 132 valence electrons. The summed E-state index contributed by atoms with van der Waals surface area (Å²) in [6, 6.07) is 25.7. The summed E-state index contributed by atoms with van der Waals surface area (Å²) in [6.45, 7) is 1.96. The van der Waals surface area contributed by atoms with Gasteiger partial charge in [-0.1, -0.05) is 60.3 Å². The monoisotopic (exact) mass is 370 g/mol. The molecule has 1 amide bonds. The maximum Gasteiger partial charge on any atom is 0.257 e. The van der Waals surface area contributed by atoms with E-state index in [9.17, 15) is 4.79 Å². The van der Waals surface area contributed by atoms with Gasteiger partial charge in [-0.05, 0) is 42.8 Å². The first-order valence-corrected chi connectivity index (χ1v) is 9.51. The fourth-order valence-electron chi connectivity index (χ4n) is 3.02. The van der Waals surface area contributed by atoms with Gasteiger partial charge in [-0.2, -0.15) is 0 Å². The molecular weight excluding hydrogens is 352 g/mol. The normalized spacial score (nSPS) is 10.7. The molecule has 0 aliphatic rings. The Morgan fingerprint density at radius 3 is 2.52 bits per heavy atom. The number of aromatic nitrogens is 1. The van der Waals surface area contributed by atoms with Gasteiger partial charge in [0, 0.05) is 21.4 Å². The zero-order valence-corrected chi connectivity index (χ0v) is 15.7. The number of hydrogen-bond acceptors (Lipinski definition) is 3. The molecule has 4 heteroatoms. The van der Waals surface area contributed by atoms with Crippen LogP contribution in [-0.4, -0.2) is 10.9 Å². The first-order chi connectivity index (χ1) is 13.2. The Balaban J connectivity index is 1.69. The van der Waals surface area contributed by atoms with Crippen LogP contribution < -0.4 is 5.32 Å². The molecule has 0 radical (unpaired) electrons. The molecule has 0 aliphatic carbocycles. The largest absolute Gasteiger partial charge is 0.320 e. The van der Waals surface area contributed by atoms with Crippen LogP contribution in [0.4, 0.5) is 5.69 Å². The molecule has 4 aromatic rings. The molecular formula is C23H18N2OS. The van der Waals surface area contributed by atoms with Crippen molar-refractivity contribution in [2.24, 2.45) is 0 Å². The highest BCUT2D eigenvalue weighted by Gasteiger charge is 2.16.